The maximum atomic E-state index is 3.50. The predicted molar refractivity (Wildman–Crippen MR) is 85.6 cm³/mol. The highest BCUT2D eigenvalue weighted by Gasteiger charge is 2.16. The molecule has 0 spiro atoms. The molecule has 0 aliphatic rings. The van der Waals surface area contributed by atoms with Crippen LogP contribution in [0.5, 0.6) is 0 Å². The second kappa shape index (κ2) is 6.88. The molecule has 1 N–H and O–H groups in total. The standard InChI is InChI=1S/C17H20BrN/c1-13(19-2)12-17(14-6-4-3-5-7-14)15-8-10-16(18)11-9-15/h3-11,13,17,19H,12H2,1-2H3. The molecule has 0 saturated carbocycles. The highest BCUT2D eigenvalue weighted by atomic mass is 79.9. The Kier molecular flexibility index (Phi) is 5.17. The van der Waals surface area contributed by atoms with Crippen molar-refractivity contribution in [2.45, 2.75) is 25.3 Å². The molecule has 0 bridgehead atoms. The van der Waals surface area contributed by atoms with Gasteiger partial charge in [0.15, 0.2) is 0 Å². The maximum absolute atomic E-state index is 3.50. The first-order valence-electron chi connectivity index (χ1n) is 6.68. The lowest BCUT2D eigenvalue weighted by Gasteiger charge is -2.22. The van der Waals surface area contributed by atoms with Crippen LogP contribution in [0.25, 0.3) is 0 Å². The van der Waals surface area contributed by atoms with Gasteiger partial charge in [-0.2, -0.15) is 0 Å². The normalized spacial score (nSPS) is 14.1. The van der Waals surface area contributed by atoms with Crippen LogP contribution in [0.4, 0.5) is 0 Å². The SMILES string of the molecule is CNC(C)CC(c1ccccc1)c1ccc(Br)cc1. The van der Waals surface area contributed by atoms with E-state index >= 15 is 0 Å². The first kappa shape index (κ1) is 14.3. The van der Waals surface area contributed by atoms with Crippen molar-refractivity contribution in [3.05, 3.63) is 70.2 Å². The minimum atomic E-state index is 0.441. The molecular weight excluding hydrogens is 298 g/mol. The summed E-state index contributed by atoms with van der Waals surface area (Å²) in [6.07, 6.45) is 1.10. The van der Waals surface area contributed by atoms with Crippen molar-refractivity contribution in [1.29, 1.82) is 0 Å². The smallest absolute Gasteiger partial charge is 0.0175 e. The van der Waals surface area contributed by atoms with Gasteiger partial charge in [0.1, 0.15) is 0 Å². The first-order chi connectivity index (χ1) is 9.20. The molecule has 100 valence electrons. The van der Waals surface area contributed by atoms with Crippen molar-refractivity contribution in [1.82, 2.24) is 5.32 Å². The number of rotatable bonds is 5. The minimum Gasteiger partial charge on any atom is -0.317 e. The molecule has 19 heavy (non-hydrogen) atoms. The molecule has 2 aromatic rings. The molecule has 0 heterocycles. The van der Waals surface area contributed by atoms with Crippen molar-refractivity contribution in [2.24, 2.45) is 0 Å². The van der Waals surface area contributed by atoms with Crippen LogP contribution < -0.4 is 5.32 Å². The lowest BCUT2D eigenvalue weighted by molar-refractivity contribution is 0.530. The number of hydrogen-bond acceptors (Lipinski definition) is 1. The third-order valence-corrected chi connectivity index (χ3v) is 4.09. The van der Waals surface area contributed by atoms with Gasteiger partial charge in [-0.1, -0.05) is 58.4 Å². The molecular formula is C17H20BrN. The fraction of sp³-hybridized carbons (Fsp3) is 0.294. The predicted octanol–water partition coefficient (Wildman–Crippen LogP) is 4.58. The summed E-state index contributed by atoms with van der Waals surface area (Å²) in [7, 11) is 2.02. The fourth-order valence-electron chi connectivity index (χ4n) is 2.32. The zero-order valence-corrected chi connectivity index (χ0v) is 13.0. The topological polar surface area (TPSA) is 12.0 Å². The zero-order valence-electron chi connectivity index (χ0n) is 11.4. The second-order valence-corrected chi connectivity index (χ2v) is 5.86. The van der Waals surface area contributed by atoms with Crippen molar-refractivity contribution < 1.29 is 0 Å². The first-order valence-corrected chi connectivity index (χ1v) is 7.47. The molecule has 0 radical (unpaired) electrons. The van der Waals surface area contributed by atoms with Crippen LogP contribution in [0.3, 0.4) is 0 Å². The highest BCUT2D eigenvalue weighted by molar-refractivity contribution is 9.10. The summed E-state index contributed by atoms with van der Waals surface area (Å²) in [5.41, 5.74) is 2.75. The van der Waals surface area contributed by atoms with Crippen molar-refractivity contribution in [3.63, 3.8) is 0 Å². The molecule has 2 atom stereocenters. The molecule has 0 saturated heterocycles. The van der Waals surface area contributed by atoms with E-state index in [1.807, 2.05) is 7.05 Å². The van der Waals surface area contributed by atoms with Crippen molar-refractivity contribution >= 4 is 15.9 Å². The van der Waals surface area contributed by atoms with Crippen LogP contribution in [-0.4, -0.2) is 13.1 Å². The Balaban J connectivity index is 2.31. The largest absolute Gasteiger partial charge is 0.317 e. The number of halogens is 1. The van der Waals surface area contributed by atoms with Gasteiger partial charge in [0, 0.05) is 16.4 Å². The summed E-state index contributed by atoms with van der Waals surface area (Å²) in [6, 6.07) is 19.9. The van der Waals surface area contributed by atoms with E-state index in [9.17, 15) is 0 Å². The molecule has 2 rings (SSSR count). The monoisotopic (exact) mass is 317 g/mol. The van der Waals surface area contributed by atoms with Crippen LogP contribution in [0.2, 0.25) is 0 Å². The van der Waals surface area contributed by atoms with Crippen LogP contribution in [0.15, 0.2) is 59.1 Å². The van der Waals surface area contributed by atoms with Gasteiger partial charge in [0.2, 0.25) is 0 Å². The average Bonchev–Trinajstić information content (AvgIpc) is 2.46. The number of hydrogen-bond donors (Lipinski definition) is 1. The summed E-state index contributed by atoms with van der Waals surface area (Å²) in [5, 5.41) is 3.34. The second-order valence-electron chi connectivity index (χ2n) is 4.94. The quantitative estimate of drug-likeness (QED) is 0.851. The molecule has 0 aromatic heterocycles. The average molecular weight is 318 g/mol. The van der Waals surface area contributed by atoms with E-state index < -0.39 is 0 Å². The van der Waals surface area contributed by atoms with Gasteiger partial charge in [0.05, 0.1) is 0 Å². The molecule has 0 aliphatic heterocycles. The Morgan fingerprint density at radius 1 is 0.947 bits per heavy atom. The van der Waals surface area contributed by atoms with Gasteiger partial charge in [-0.15, -0.1) is 0 Å². The zero-order chi connectivity index (χ0) is 13.7. The van der Waals surface area contributed by atoms with Crippen molar-refractivity contribution in [3.8, 4) is 0 Å². The molecule has 1 nitrogen and oxygen atoms in total. The number of benzene rings is 2. The Labute approximate surface area is 124 Å². The molecule has 2 heteroatoms. The van der Waals surface area contributed by atoms with Gasteiger partial charge < -0.3 is 5.32 Å². The molecule has 0 amide bonds. The van der Waals surface area contributed by atoms with Gasteiger partial charge in [0.25, 0.3) is 0 Å². The summed E-state index contributed by atoms with van der Waals surface area (Å²) >= 11 is 3.50. The Morgan fingerprint density at radius 2 is 1.53 bits per heavy atom. The summed E-state index contributed by atoms with van der Waals surface area (Å²) in [4.78, 5) is 0. The summed E-state index contributed by atoms with van der Waals surface area (Å²) in [6.45, 7) is 2.23. The van der Waals surface area contributed by atoms with E-state index in [0.717, 1.165) is 10.9 Å². The summed E-state index contributed by atoms with van der Waals surface area (Å²) < 4.78 is 1.13. The van der Waals surface area contributed by atoms with E-state index in [1.54, 1.807) is 0 Å². The molecule has 0 fully saturated rings. The van der Waals surface area contributed by atoms with Crippen LogP contribution in [-0.2, 0) is 0 Å². The Morgan fingerprint density at radius 3 is 2.11 bits per heavy atom. The van der Waals surface area contributed by atoms with Crippen LogP contribution in [0.1, 0.15) is 30.4 Å². The number of nitrogens with one attached hydrogen (secondary N) is 1. The lowest BCUT2D eigenvalue weighted by Crippen LogP contribution is -2.24. The van der Waals surface area contributed by atoms with Gasteiger partial charge in [-0.05, 0) is 43.7 Å². The van der Waals surface area contributed by atoms with Crippen LogP contribution in [0, 0.1) is 0 Å². The Hall–Kier alpha value is -1.12. The van der Waals surface area contributed by atoms with Crippen molar-refractivity contribution in [2.75, 3.05) is 7.05 Å². The molecule has 2 aromatic carbocycles. The van der Waals surface area contributed by atoms with Gasteiger partial charge in [-0.25, -0.2) is 0 Å². The minimum absolute atomic E-state index is 0.441. The Bertz CT molecular complexity index is 492. The van der Waals surface area contributed by atoms with E-state index in [4.69, 9.17) is 0 Å². The summed E-state index contributed by atoms with van der Waals surface area (Å²) in [5.74, 6) is 0.441. The maximum Gasteiger partial charge on any atom is 0.0175 e. The highest BCUT2D eigenvalue weighted by Crippen LogP contribution is 2.29. The lowest BCUT2D eigenvalue weighted by atomic mass is 9.86. The van der Waals surface area contributed by atoms with E-state index in [2.05, 4.69) is 82.8 Å². The van der Waals surface area contributed by atoms with E-state index in [0.29, 0.717) is 12.0 Å². The van der Waals surface area contributed by atoms with E-state index in [1.165, 1.54) is 11.1 Å². The third-order valence-electron chi connectivity index (χ3n) is 3.56. The van der Waals surface area contributed by atoms with Gasteiger partial charge >= 0.3 is 0 Å². The molecule has 2 unspecified atom stereocenters. The van der Waals surface area contributed by atoms with E-state index in [-0.39, 0.29) is 0 Å². The third kappa shape index (κ3) is 3.92. The molecule has 0 aliphatic carbocycles. The fourth-order valence-corrected chi connectivity index (χ4v) is 2.58. The van der Waals surface area contributed by atoms with Gasteiger partial charge in [-0.3, -0.25) is 0 Å². The van der Waals surface area contributed by atoms with Crippen LogP contribution >= 0.6 is 15.9 Å².